The van der Waals surface area contributed by atoms with Crippen molar-refractivity contribution in [1.82, 2.24) is 0 Å². The molecule has 0 heterocycles. The van der Waals surface area contributed by atoms with Crippen LogP contribution in [0.2, 0.25) is 0 Å². The summed E-state index contributed by atoms with van der Waals surface area (Å²) in [5.74, 6) is 0.174. The van der Waals surface area contributed by atoms with Crippen LogP contribution in [0.1, 0.15) is 59.3 Å². The quantitative estimate of drug-likeness (QED) is 0.157. The van der Waals surface area contributed by atoms with E-state index in [4.69, 9.17) is 9.47 Å². The first kappa shape index (κ1) is 22.4. The molecule has 0 aliphatic rings. The van der Waals surface area contributed by atoms with E-state index < -0.39 is 0 Å². The van der Waals surface area contributed by atoms with Gasteiger partial charge in [-0.1, -0.05) is 72.4 Å². The highest BCUT2D eigenvalue weighted by Crippen LogP contribution is 2.15. The molecule has 4 nitrogen and oxygen atoms in total. The van der Waals surface area contributed by atoms with Crippen LogP contribution in [0.15, 0.2) is 0 Å². The molecule has 0 aromatic rings. The molecule has 0 saturated heterocycles. The average Bonchev–Trinajstić information content (AvgIpc) is 2.54. The molecule has 0 spiro atoms. The Hall–Kier alpha value is 0.400. The van der Waals surface area contributed by atoms with Crippen LogP contribution in [0.25, 0.3) is 0 Å². The van der Waals surface area contributed by atoms with E-state index in [0.29, 0.717) is 19.1 Å². The van der Waals surface area contributed by atoms with Gasteiger partial charge in [-0.25, -0.2) is 0 Å². The predicted octanol–water partition coefficient (Wildman–Crippen LogP) is 4.70. The highest BCUT2D eigenvalue weighted by atomic mass is 127. The third-order valence-corrected chi connectivity index (χ3v) is 6.30. The third kappa shape index (κ3) is 10.2. The van der Waals surface area contributed by atoms with Crippen molar-refractivity contribution in [1.29, 1.82) is 0 Å². The molecule has 0 aromatic carbocycles. The number of unbranched alkanes of at least 4 members (excludes halogenated alkanes) is 1. The maximum Gasteiger partial charge on any atom is 0.318 e. The zero-order valence-electron chi connectivity index (χ0n) is 13.8. The Labute approximate surface area is 161 Å². The van der Waals surface area contributed by atoms with Crippen molar-refractivity contribution in [3.8, 4) is 0 Å². The molecule has 0 radical (unpaired) electrons. The highest BCUT2D eigenvalue weighted by Gasteiger charge is 2.16. The first-order valence-electron chi connectivity index (χ1n) is 8.07. The van der Waals surface area contributed by atoms with E-state index in [1.165, 1.54) is 0 Å². The molecule has 0 fully saturated rings. The zero-order valence-corrected chi connectivity index (χ0v) is 18.1. The van der Waals surface area contributed by atoms with Crippen LogP contribution in [0, 0.1) is 5.92 Å². The first-order chi connectivity index (χ1) is 10.5. The van der Waals surface area contributed by atoms with Gasteiger partial charge in [-0.15, -0.1) is 0 Å². The second-order valence-electron chi connectivity index (χ2n) is 5.32. The van der Waals surface area contributed by atoms with Gasteiger partial charge >= 0.3 is 11.9 Å². The van der Waals surface area contributed by atoms with Crippen molar-refractivity contribution in [2.24, 2.45) is 5.92 Å². The smallest absolute Gasteiger partial charge is 0.318 e. The first-order valence-corrected chi connectivity index (χ1v) is 10.6. The van der Waals surface area contributed by atoms with Crippen LogP contribution in [-0.4, -0.2) is 33.0 Å². The number of hydrogen-bond donors (Lipinski definition) is 0. The van der Waals surface area contributed by atoms with Gasteiger partial charge in [0.25, 0.3) is 0 Å². The Kier molecular flexibility index (Phi) is 14.1. The molecule has 0 amide bonds. The summed E-state index contributed by atoms with van der Waals surface area (Å²) in [6.45, 7) is 7.06. The van der Waals surface area contributed by atoms with Crippen molar-refractivity contribution in [2.45, 2.75) is 67.1 Å². The number of carbonyl (C=O) groups excluding carboxylic acids is 2. The molecule has 3 atom stereocenters. The van der Waals surface area contributed by atoms with Crippen molar-refractivity contribution < 1.29 is 19.1 Å². The molecule has 0 aliphatic carbocycles. The molecule has 0 aromatic heterocycles. The number of halogens is 2. The number of carbonyl (C=O) groups is 2. The second-order valence-corrected chi connectivity index (χ2v) is 8.33. The van der Waals surface area contributed by atoms with Crippen LogP contribution in [0.3, 0.4) is 0 Å². The summed E-state index contributed by atoms with van der Waals surface area (Å²) in [5.41, 5.74) is 0. The molecular weight excluding hydrogens is 510 g/mol. The Morgan fingerprint density at radius 2 is 1.41 bits per heavy atom. The summed E-state index contributed by atoms with van der Waals surface area (Å²) in [6.07, 6.45) is 5.46. The molecule has 3 unspecified atom stereocenters. The lowest BCUT2D eigenvalue weighted by molar-refractivity contribution is -0.144. The summed E-state index contributed by atoms with van der Waals surface area (Å²) >= 11 is 4.23. The van der Waals surface area contributed by atoms with Gasteiger partial charge < -0.3 is 9.47 Å². The summed E-state index contributed by atoms with van der Waals surface area (Å²) < 4.78 is 10.5. The van der Waals surface area contributed by atoms with Crippen molar-refractivity contribution in [3.63, 3.8) is 0 Å². The largest absolute Gasteiger partial charge is 0.465 e. The van der Waals surface area contributed by atoms with Gasteiger partial charge in [0.2, 0.25) is 0 Å². The molecule has 0 bridgehead atoms. The fourth-order valence-corrected chi connectivity index (χ4v) is 2.19. The lowest BCUT2D eigenvalue weighted by Gasteiger charge is -2.16. The lowest BCUT2D eigenvalue weighted by Crippen LogP contribution is -2.20. The number of hydrogen-bond acceptors (Lipinski definition) is 4. The monoisotopic (exact) mass is 538 g/mol. The minimum atomic E-state index is -0.114. The number of ether oxygens (including phenoxy) is 2. The maximum atomic E-state index is 11.7. The molecule has 0 N–H and O–H groups in total. The minimum Gasteiger partial charge on any atom is -0.465 e. The van der Waals surface area contributed by atoms with Gasteiger partial charge in [-0.3, -0.25) is 9.59 Å². The lowest BCUT2D eigenvalue weighted by atomic mass is 10.0. The summed E-state index contributed by atoms with van der Waals surface area (Å²) in [4.78, 5) is 23.2. The van der Waals surface area contributed by atoms with E-state index in [1.54, 1.807) is 0 Å². The molecule has 0 saturated carbocycles. The summed E-state index contributed by atoms with van der Waals surface area (Å²) in [7, 11) is 0. The van der Waals surface area contributed by atoms with Gasteiger partial charge in [0.05, 0.1) is 13.2 Å². The van der Waals surface area contributed by atoms with E-state index in [0.717, 1.165) is 38.5 Å². The van der Waals surface area contributed by atoms with E-state index in [9.17, 15) is 9.59 Å². The summed E-state index contributed by atoms with van der Waals surface area (Å²) in [5, 5.41) is 0. The normalized spacial score (nSPS) is 15.0. The van der Waals surface area contributed by atoms with Crippen molar-refractivity contribution >= 4 is 57.1 Å². The van der Waals surface area contributed by atoms with Crippen LogP contribution < -0.4 is 0 Å². The predicted molar refractivity (Wildman–Crippen MR) is 106 cm³/mol. The number of rotatable bonds is 12. The zero-order chi connectivity index (χ0) is 17.0. The molecule has 0 rings (SSSR count). The molecule has 130 valence electrons. The highest BCUT2D eigenvalue weighted by molar-refractivity contribution is 14.1. The molecule has 22 heavy (non-hydrogen) atoms. The maximum absolute atomic E-state index is 11.7. The van der Waals surface area contributed by atoms with Crippen LogP contribution in [-0.2, 0) is 19.1 Å². The van der Waals surface area contributed by atoms with E-state index in [2.05, 4.69) is 52.1 Å². The van der Waals surface area contributed by atoms with Gasteiger partial charge in [-0.2, -0.15) is 0 Å². The minimum absolute atomic E-state index is 0.0415. The number of esters is 2. The molecule has 6 heteroatoms. The van der Waals surface area contributed by atoms with Crippen molar-refractivity contribution in [3.05, 3.63) is 0 Å². The van der Waals surface area contributed by atoms with Gasteiger partial charge in [-0.05, 0) is 38.0 Å². The Morgan fingerprint density at radius 1 is 0.864 bits per heavy atom. The van der Waals surface area contributed by atoms with E-state index >= 15 is 0 Å². The Morgan fingerprint density at radius 3 is 1.91 bits per heavy atom. The van der Waals surface area contributed by atoms with Crippen LogP contribution in [0.4, 0.5) is 0 Å². The van der Waals surface area contributed by atoms with E-state index in [1.807, 2.05) is 13.8 Å². The summed E-state index contributed by atoms with van der Waals surface area (Å²) in [6, 6.07) is 0. The third-order valence-electron chi connectivity index (χ3n) is 3.52. The fraction of sp³-hybridized carbons (Fsp3) is 0.875. The molecular formula is C16H28I2O4. The molecule has 0 aliphatic heterocycles. The van der Waals surface area contributed by atoms with E-state index in [-0.39, 0.29) is 19.8 Å². The van der Waals surface area contributed by atoms with Crippen molar-refractivity contribution in [2.75, 3.05) is 13.2 Å². The SMILES string of the molecule is CCC(CCCCOC(=O)C(I)CC)COC(=O)C(I)CC. The van der Waals surface area contributed by atoms with Gasteiger partial charge in [0.15, 0.2) is 0 Å². The van der Waals surface area contributed by atoms with Gasteiger partial charge in [0.1, 0.15) is 7.85 Å². The Bertz CT molecular complexity index is 323. The standard InChI is InChI=1S/C16H28I2O4/c1-4-12(11-22-16(20)14(18)6-3)9-7-8-10-21-15(19)13(17)5-2/h12-14H,4-11H2,1-3H3. The number of alkyl halides is 2. The second kappa shape index (κ2) is 13.8. The topological polar surface area (TPSA) is 52.6 Å². The fourth-order valence-electron chi connectivity index (χ4n) is 1.83. The average molecular weight is 538 g/mol. The van der Waals surface area contributed by atoms with Crippen LogP contribution in [0.5, 0.6) is 0 Å². The van der Waals surface area contributed by atoms with Gasteiger partial charge in [0, 0.05) is 0 Å². The Balaban J connectivity index is 3.78. The van der Waals surface area contributed by atoms with Crippen LogP contribution >= 0.6 is 45.2 Å².